The summed E-state index contributed by atoms with van der Waals surface area (Å²) in [5.74, 6) is -0.543. The SMILES string of the molecule is C[C@](Cc1ccccc1)(NC=O)C(N)=O. The number of carbonyl (C=O) groups is 2. The summed E-state index contributed by atoms with van der Waals surface area (Å²) >= 11 is 0. The number of primary amides is 1. The number of carbonyl (C=O) groups excluding carboxylic acids is 2. The number of nitrogens with two attached hydrogens (primary N) is 1. The van der Waals surface area contributed by atoms with Gasteiger partial charge in [0.1, 0.15) is 5.54 Å². The van der Waals surface area contributed by atoms with Crippen molar-refractivity contribution in [3.63, 3.8) is 0 Å². The quantitative estimate of drug-likeness (QED) is 0.676. The molecule has 4 nitrogen and oxygen atoms in total. The number of hydrogen-bond donors (Lipinski definition) is 2. The predicted octanol–water partition coefficient (Wildman–Crippen LogP) is 0.219. The maximum Gasteiger partial charge on any atom is 0.243 e. The van der Waals surface area contributed by atoms with Crippen molar-refractivity contribution in [3.05, 3.63) is 35.9 Å². The van der Waals surface area contributed by atoms with Gasteiger partial charge in [0.05, 0.1) is 0 Å². The third-order valence-electron chi connectivity index (χ3n) is 2.32. The van der Waals surface area contributed by atoms with Gasteiger partial charge in [-0.1, -0.05) is 30.3 Å². The van der Waals surface area contributed by atoms with Crippen LogP contribution in [-0.2, 0) is 16.0 Å². The van der Waals surface area contributed by atoms with Crippen LogP contribution in [0.3, 0.4) is 0 Å². The van der Waals surface area contributed by atoms with Crippen LogP contribution in [0.4, 0.5) is 0 Å². The number of hydrogen-bond acceptors (Lipinski definition) is 2. The fraction of sp³-hybridized carbons (Fsp3) is 0.273. The molecule has 1 rings (SSSR count). The number of amides is 2. The van der Waals surface area contributed by atoms with E-state index in [0.717, 1.165) is 5.56 Å². The van der Waals surface area contributed by atoms with E-state index in [2.05, 4.69) is 5.32 Å². The Balaban J connectivity index is 2.84. The Labute approximate surface area is 88.5 Å². The molecule has 80 valence electrons. The van der Waals surface area contributed by atoms with Crippen molar-refractivity contribution >= 4 is 12.3 Å². The molecule has 4 heteroatoms. The highest BCUT2D eigenvalue weighted by Crippen LogP contribution is 2.12. The summed E-state index contributed by atoms with van der Waals surface area (Å²) in [5, 5.41) is 2.45. The lowest BCUT2D eigenvalue weighted by Crippen LogP contribution is -2.54. The zero-order chi connectivity index (χ0) is 11.3. The maximum absolute atomic E-state index is 11.2. The van der Waals surface area contributed by atoms with Crippen LogP contribution in [0.2, 0.25) is 0 Å². The van der Waals surface area contributed by atoms with Gasteiger partial charge in [-0.3, -0.25) is 9.59 Å². The molecule has 1 atom stereocenters. The first-order chi connectivity index (χ1) is 7.08. The Morgan fingerprint density at radius 1 is 1.47 bits per heavy atom. The Hall–Kier alpha value is -1.84. The number of benzene rings is 1. The number of nitrogens with one attached hydrogen (secondary N) is 1. The Morgan fingerprint density at radius 2 is 2.07 bits per heavy atom. The molecule has 0 radical (unpaired) electrons. The summed E-state index contributed by atoms with van der Waals surface area (Å²) in [6.45, 7) is 1.61. The molecular weight excluding hydrogens is 192 g/mol. The molecule has 0 bridgehead atoms. The summed E-state index contributed by atoms with van der Waals surface area (Å²) in [5.41, 5.74) is 5.17. The molecule has 15 heavy (non-hydrogen) atoms. The van der Waals surface area contributed by atoms with E-state index in [-0.39, 0.29) is 0 Å². The standard InChI is InChI=1S/C11H14N2O2/c1-11(10(12)15,13-8-14)7-9-5-3-2-4-6-9/h2-6,8H,7H2,1H3,(H2,12,15)(H,13,14)/t11-/m1/s1. The van der Waals surface area contributed by atoms with Crippen molar-refractivity contribution in [1.29, 1.82) is 0 Å². The van der Waals surface area contributed by atoms with E-state index in [9.17, 15) is 9.59 Å². The first kappa shape index (κ1) is 11.2. The molecule has 0 aliphatic rings. The van der Waals surface area contributed by atoms with Gasteiger partial charge in [0.25, 0.3) is 0 Å². The highest BCUT2D eigenvalue weighted by atomic mass is 16.2. The molecule has 3 N–H and O–H groups in total. The minimum atomic E-state index is -1.02. The van der Waals surface area contributed by atoms with Gasteiger partial charge >= 0.3 is 0 Å². The topological polar surface area (TPSA) is 72.2 Å². The van der Waals surface area contributed by atoms with E-state index in [0.29, 0.717) is 12.8 Å². The fourth-order valence-corrected chi connectivity index (χ4v) is 1.34. The monoisotopic (exact) mass is 206 g/mol. The van der Waals surface area contributed by atoms with Gasteiger partial charge in [-0.2, -0.15) is 0 Å². The highest BCUT2D eigenvalue weighted by Gasteiger charge is 2.30. The predicted molar refractivity (Wildman–Crippen MR) is 56.9 cm³/mol. The van der Waals surface area contributed by atoms with Crippen LogP contribution < -0.4 is 11.1 Å². The lowest BCUT2D eigenvalue weighted by Gasteiger charge is -2.25. The highest BCUT2D eigenvalue weighted by molar-refractivity contribution is 5.86. The molecule has 0 spiro atoms. The third-order valence-corrected chi connectivity index (χ3v) is 2.32. The molecule has 0 saturated heterocycles. The molecule has 1 aromatic rings. The average molecular weight is 206 g/mol. The summed E-state index contributed by atoms with van der Waals surface area (Å²) in [6, 6.07) is 9.40. The van der Waals surface area contributed by atoms with E-state index in [1.165, 1.54) is 0 Å². The van der Waals surface area contributed by atoms with Crippen LogP contribution in [-0.4, -0.2) is 17.9 Å². The van der Waals surface area contributed by atoms with Crippen LogP contribution in [0.1, 0.15) is 12.5 Å². The molecule has 1 aromatic carbocycles. The van der Waals surface area contributed by atoms with E-state index < -0.39 is 11.4 Å². The van der Waals surface area contributed by atoms with Gasteiger partial charge in [0.15, 0.2) is 0 Å². The van der Waals surface area contributed by atoms with Crippen molar-refractivity contribution in [2.45, 2.75) is 18.9 Å². The lowest BCUT2D eigenvalue weighted by molar-refractivity contribution is -0.126. The van der Waals surface area contributed by atoms with Crippen LogP contribution in [0, 0.1) is 0 Å². The van der Waals surface area contributed by atoms with E-state index in [1.54, 1.807) is 6.92 Å². The van der Waals surface area contributed by atoms with Gasteiger partial charge in [0, 0.05) is 6.42 Å². The Kier molecular flexibility index (Phi) is 3.44. The van der Waals surface area contributed by atoms with Crippen LogP contribution in [0.5, 0.6) is 0 Å². The summed E-state index contributed by atoms with van der Waals surface area (Å²) in [4.78, 5) is 21.6. The van der Waals surface area contributed by atoms with Crippen molar-refractivity contribution in [2.75, 3.05) is 0 Å². The van der Waals surface area contributed by atoms with E-state index >= 15 is 0 Å². The second-order valence-corrected chi connectivity index (χ2v) is 3.62. The average Bonchev–Trinajstić information content (AvgIpc) is 2.19. The first-order valence-corrected chi connectivity index (χ1v) is 4.63. The second-order valence-electron chi connectivity index (χ2n) is 3.62. The Bertz CT molecular complexity index is 351. The molecule has 0 aliphatic heterocycles. The van der Waals surface area contributed by atoms with Crippen molar-refractivity contribution in [3.8, 4) is 0 Å². The zero-order valence-electron chi connectivity index (χ0n) is 8.57. The summed E-state index contributed by atoms with van der Waals surface area (Å²) < 4.78 is 0. The van der Waals surface area contributed by atoms with E-state index in [1.807, 2.05) is 30.3 Å². The molecule has 0 aromatic heterocycles. The minimum Gasteiger partial charge on any atom is -0.368 e. The fourth-order valence-electron chi connectivity index (χ4n) is 1.34. The van der Waals surface area contributed by atoms with Gasteiger partial charge < -0.3 is 11.1 Å². The van der Waals surface area contributed by atoms with Gasteiger partial charge in [-0.05, 0) is 12.5 Å². The zero-order valence-corrected chi connectivity index (χ0v) is 8.57. The van der Waals surface area contributed by atoms with Crippen molar-refractivity contribution in [2.24, 2.45) is 5.73 Å². The van der Waals surface area contributed by atoms with Crippen LogP contribution in [0.25, 0.3) is 0 Å². The van der Waals surface area contributed by atoms with E-state index in [4.69, 9.17) is 5.73 Å². The van der Waals surface area contributed by atoms with Crippen LogP contribution >= 0.6 is 0 Å². The maximum atomic E-state index is 11.2. The van der Waals surface area contributed by atoms with Gasteiger partial charge in [-0.15, -0.1) is 0 Å². The summed E-state index contributed by atoms with van der Waals surface area (Å²) in [7, 11) is 0. The molecule has 0 heterocycles. The molecule has 2 amide bonds. The van der Waals surface area contributed by atoms with Crippen molar-refractivity contribution in [1.82, 2.24) is 5.32 Å². The third kappa shape index (κ3) is 2.80. The van der Waals surface area contributed by atoms with Crippen LogP contribution in [0.15, 0.2) is 30.3 Å². The Morgan fingerprint density at radius 3 is 2.53 bits per heavy atom. The molecule has 0 unspecified atom stereocenters. The lowest BCUT2D eigenvalue weighted by atomic mass is 9.92. The largest absolute Gasteiger partial charge is 0.368 e. The normalized spacial score (nSPS) is 13.9. The first-order valence-electron chi connectivity index (χ1n) is 4.63. The molecule has 0 fully saturated rings. The minimum absolute atomic E-state index is 0.391. The summed E-state index contributed by atoms with van der Waals surface area (Å²) in [6.07, 6.45) is 0.885. The molecular formula is C11H14N2O2. The number of rotatable bonds is 5. The second kappa shape index (κ2) is 4.59. The van der Waals surface area contributed by atoms with Gasteiger partial charge in [-0.25, -0.2) is 0 Å². The van der Waals surface area contributed by atoms with Gasteiger partial charge in [0.2, 0.25) is 12.3 Å². The molecule has 0 aliphatic carbocycles. The smallest absolute Gasteiger partial charge is 0.243 e. The van der Waals surface area contributed by atoms with Crippen molar-refractivity contribution < 1.29 is 9.59 Å². The molecule has 0 saturated carbocycles.